The van der Waals surface area contributed by atoms with E-state index in [0.29, 0.717) is 12.2 Å². The number of hydrogen-bond donors (Lipinski definition) is 0. The van der Waals surface area contributed by atoms with Crippen LogP contribution in [-0.4, -0.2) is 20.0 Å². The molecule has 0 N–H and O–H groups in total. The molecule has 0 aromatic heterocycles. The van der Waals surface area contributed by atoms with Crippen molar-refractivity contribution in [3.05, 3.63) is 23.3 Å². The van der Waals surface area contributed by atoms with Crippen molar-refractivity contribution in [2.75, 3.05) is 14.2 Å². The number of aryl methyl sites for hydroxylation is 1. The number of Topliss-reactive ketones (excluding diaryl/α,β-unsaturated/α-hetero) is 1. The van der Waals surface area contributed by atoms with Gasteiger partial charge in [-0.05, 0) is 18.9 Å². The zero-order chi connectivity index (χ0) is 15.1. The van der Waals surface area contributed by atoms with E-state index in [2.05, 4.69) is 13.0 Å². The van der Waals surface area contributed by atoms with E-state index in [9.17, 15) is 4.79 Å². The predicted octanol–water partition coefficient (Wildman–Crippen LogP) is 3.66. The minimum atomic E-state index is -0.388. The molecule has 1 unspecified atom stereocenters. The van der Waals surface area contributed by atoms with Crippen LogP contribution in [0.1, 0.15) is 44.7 Å². The van der Waals surface area contributed by atoms with Gasteiger partial charge in [0.25, 0.3) is 0 Å². The van der Waals surface area contributed by atoms with Gasteiger partial charge in [0.1, 0.15) is 5.78 Å². The van der Waals surface area contributed by atoms with Crippen LogP contribution in [0.2, 0.25) is 0 Å². The molecule has 0 saturated heterocycles. The van der Waals surface area contributed by atoms with Crippen LogP contribution in [0.25, 0.3) is 0 Å². The highest BCUT2D eigenvalue weighted by atomic mass is 16.5. The summed E-state index contributed by atoms with van der Waals surface area (Å²) in [6.45, 7) is 8.23. The Bertz CT molecular complexity index is 545. The fraction of sp³-hybridized carbons (Fsp3) is 0.588. The van der Waals surface area contributed by atoms with Crippen molar-refractivity contribution in [3.8, 4) is 11.5 Å². The summed E-state index contributed by atoms with van der Waals surface area (Å²) in [6.07, 6.45) is 1.48. The second kappa shape index (κ2) is 4.80. The molecule has 0 spiro atoms. The van der Waals surface area contributed by atoms with Crippen molar-refractivity contribution in [3.63, 3.8) is 0 Å². The Kier molecular flexibility index (Phi) is 3.57. The molecule has 1 saturated carbocycles. The van der Waals surface area contributed by atoms with E-state index in [0.717, 1.165) is 29.0 Å². The van der Waals surface area contributed by atoms with Crippen LogP contribution in [0.5, 0.6) is 11.5 Å². The normalized spacial score (nSPS) is 24.8. The lowest BCUT2D eigenvalue weighted by atomic mass is 9.64. The molecule has 3 nitrogen and oxygen atoms in total. The zero-order valence-electron chi connectivity index (χ0n) is 13.3. The maximum atomic E-state index is 12.2. The van der Waals surface area contributed by atoms with Crippen LogP contribution in [0.3, 0.4) is 0 Å². The molecular weight excluding hydrogens is 252 g/mol. The van der Waals surface area contributed by atoms with E-state index in [1.165, 1.54) is 0 Å². The average Bonchev–Trinajstić information content (AvgIpc) is 2.62. The van der Waals surface area contributed by atoms with Gasteiger partial charge in [0.2, 0.25) is 0 Å². The van der Waals surface area contributed by atoms with Crippen molar-refractivity contribution in [2.45, 2.75) is 46.0 Å². The lowest BCUT2D eigenvalue weighted by molar-refractivity contribution is -0.125. The molecule has 0 bridgehead atoms. The predicted molar refractivity (Wildman–Crippen MR) is 79.7 cm³/mol. The summed E-state index contributed by atoms with van der Waals surface area (Å²) in [6, 6.07) is 4.12. The second-order valence-corrected chi connectivity index (χ2v) is 6.38. The third kappa shape index (κ3) is 1.83. The van der Waals surface area contributed by atoms with Gasteiger partial charge in [-0.15, -0.1) is 0 Å². The Balaban J connectivity index is 2.67. The summed E-state index contributed by atoms with van der Waals surface area (Å²) in [5.74, 6) is 1.85. The fourth-order valence-corrected chi connectivity index (χ4v) is 3.32. The molecule has 0 amide bonds. The van der Waals surface area contributed by atoms with E-state index in [1.54, 1.807) is 14.2 Å². The van der Waals surface area contributed by atoms with Crippen LogP contribution < -0.4 is 9.47 Å². The molecule has 1 atom stereocenters. The fourth-order valence-electron chi connectivity index (χ4n) is 3.32. The Hall–Kier alpha value is -1.51. The van der Waals surface area contributed by atoms with Crippen molar-refractivity contribution in [1.82, 2.24) is 0 Å². The molecule has 110 valence electrons. The number of carbonyl (C=O) groups is 1. The zero-order valence-corrected chi connectivity index (χ0v) is 13.3. The first kappa shape index (κ1) is 14.9. The van der Waals surface area contributed by atoms with Crippen LogP contribution in [0.15, 0.2) is 12.1 Å². The third-order valence-electron chi connectivity index (χ3n) is 5.24. The molecule has 0 radical (unpaired) electrons. The lowest BCUT2D eigenvalue weighted by Gasteiger charge is -2.38. The monoisotopic (exact) mass is 276 g/mol. The maximum Gasteiger partial charge on any atom is 0.164 e. The second-order valence-electron chi connectivity index (χ2n) is 6.38. The smallest absolute Gasteiger partial charge is 0.164 e. The van der Waals surface area contributed by atoms with Crippen LogP contribution in [0, 0.1) is 12.3 Å². The first-order valence-corrected chi connectivity index (χ1v) is 7.05. The highest BCUT2D eigenvalue weighted by molar-refractivity contribution is 5.89. The topological polar surface area (TPSA) is 35.5 Å². The molecule has 1 aromatic rings. The van der Waals surface area contributed by atoms with Crippen molar-refractivity contribution in [2.24, 2.45) is 5.41 Å². The lowest BCUT2D eigenvalue weighted by Crippen LogP contribution is -2.38. The molecule has 1 aromatic carbocycles. The first-order valence-electron chi connectivity index (χ1n) is 7.05. The van der Waals surface area contributed by atoms with Crippen molar-refractivity contribution >= 4 is 5.78 Å². The molecule has 1 fully saturated rings. The van der Waals surface area contributed by atoms with E-state index < -0.39 is 0 Å². The molecule has 1 aliphatic carbocycles. The highest BCUT2D eigenvalue weighted by Crippen LogP contribution is 2.55. The average molecular weight is 276 g/mol. The summed E-state index contributed by atoms with van der Waals surface area (Å²) in [7, 11) is 3.32. The Morgan fingerprint density at radius 3 is 2.10 bits per heavy atom. The van der Waals surface area contributed by atoms with Gasteiger partial charge in [0.05, 0.1) is 14.2 Å². The van der Waals surface area contributed by atoms with E-state index in [1.807, 2.05) is 26.8 Å². The number of ketones is 1. The van der Waals surface area contributed by atoms with Gasteiger partial charge < -0.3 is 9.47 Å². The number of benzene rings is 1. The molecule has 20 heavy (non-hydrogen) atoms. The van der Waals surface area contributed by atoms with E-state index in [-0.39, 0.29) is 10.8 Å². The van der Waals surface area contributed by atoms with Crippen LogP contribution >= 0.6 is 0 Å². The van der Waals surface area contributed by atoms with E-state index >= 15 is 0 Å². The van der Waals surface area contributed by atoms with Gasteiger partial charge in [-0.3, -0.25) is 4.79 Å². The first-order chi connectivity index (χ1) is 9.29. The number of ether oxygens (including phenoxy) is 2. The number of rotatable bonds is 3. The largest absolute Gasteiger partial charge is 0.493 e. The minimum Gasteiger partial charge on any atom is -0.493 e. The van der Waals surface area contributed by atoms with Gasteiger partial charge in [-0.2, -0.15) is 0 Å². The molecule has 3 heteroatoms. The summed E-state index contributed by atoms with van der Waals surface area (Å²) in [5.41, 5.74) is 1.49. The Morgan fingerprint density at radius 1 is 1.05 bits per heavy atom. The summed E-state index contributed by atoms with van der Waals surface area (Å²) < 4.78 is 11.1. The van der Waals surface area contributed by atoms with Crippen LogP contribution in [0.4, 0.5) is 0 Å². The van der Waals surface area contributed by atoms with Crippen molar-refractivity contribution in [1.29, 1.82) is 0 Å². The molecule has 0 heterocycles. The summed E-state index contributed by atoms with van der Waals surface area (Å²) in [4.78, 5) is 12.2. The van der Waals surface area contributed by atoms with Gasteiger partial charge in [-0.1, -0.05) is 32.9 Å². The third-order valence-corrected chi connectivity index (χ3v) is 5.24. The van der Waals surface area contributed by atoms with Gasteiger partial charge in [0, 0.05) is 22.8 Å². The number of hydrogen-bond acceptors (Lipinski definition) is 3. The van der Waals surface area contributed by atoms with E-state index in [4.69, 9.17) is 9.47 Å². The molecule has 1 aliphatic rings. The summed E-state index contributed by atoms with van der Waals surface area (Å²) >= 11 is 0. The Labute approximate surface area is 121 Å². The number of carbonyl (C=O) groups excluding carboxylic acids is 1. The standard InChI is InChI=1S/C17H24O3/c1-11-7-8-12(15(20-6)14(11)19-5)17(4)10-9-13(18)16(17,2)3/h7-8H,9-10H2,1-6H3. The van der Waals surface area contributed by atoms with Gasteiger partial charge in [0.15, 0.2) is 11.5 Å². The number of methoxy groups -OCH3 is 2. The van der Waals surface area contributed by atoms with Gasteiger partial charge in [-0.25, -0.2) is 0 Å². The summed E-state index contributed by atoms with van der Waals surface area (Å²) in [5, 5.41) is 0. The quantitative estimate of drug-likeness (QED) is 0.845. The van der Waals surface area contributed by atoms with Crippen molar-refractivity contribution < 1.29 is 14.3 Å². The van der Waals surface area contributed by atoms with Gasteiger partial charge >= 0.3 is 0 Å². The van der Waals surface area contributed by atoms with Crippen LogP contribution in [-0.2, 0) is 10.2 Å². The molecule has 2 rings (SSSR count). The Morgan fingerprint density at radius 2 is 1.65 bits per heavy atom. The minimum absolute atomic E-state index is 0.226. The highest BCUT2D eigenvalue weighted by Gasteiger charge is 2.53. The maximum absolute atomic E-state index is 12.2. The SMILES string of the molecule is COc1c(C)ccc(C2(C)CCC(=O)C2(C)C)c1OC. The molecule has 0 aliphatic heterocycles. The molecular formula is C17H24O3.